The quantitative estimate of drug-likeness (QED) is 0.866. The lowest BCUT2D eigenvalue weighted by atomic mass is 10.1. The zero-order valence-corrected chi connectivity index (χ0v) is 11.7. The fraction of sp³-hybridized carbons (Fsp3) is 0.133. The van der Waals surface area contributed by atoms with Crippen LogP contribution in [0.5, 0.6) is 0 Å². The highest BCUT2D eigenvalue weighted by atomic mass is 16.5. The van der Waals surface area contributed by atoms with E-state index in [1.165, 1.54) is 19.4 Å². The molecule has 0 amide bonds. The van der Waals surface area contributed by atoms with E-state index in [4.69, 9.17) is 11.0 Å². The molecule has 2 aromatic rings. The number of hydrogen-bond donors (Lipinski definition) is 1. The molecule has 1 aromatic carbocycles. The van der Waals surface area contributed by atoms with Crippen LogP contribution in [0.25, 0.3) is 0 Å². The number of aromatic nitrogens is 1. The fourth-order valence-electron chi connectivity index (χ4n) is 1.99. The number of rotatable bonds is 3. The molecule has 2 rings (SSSR count). The van der Waals surface area contributed by atoms with Crippen molar-refractivity contribution in [3.05, 3.63) is 47.7 Å². The van der Waals surface area contributed by atoms with Crippen LogP contribution in [0, 0.1) is 11.3 Å². The van der Waals surface area contributed by atoms with E-state index in [-0.39, 0.29) is 11.3 Å². The third-order valence-electron chi connectivity index (χ3n) is 3.08. The molecule has 0 fully saturated rings. The van der Waals surface area contributed by atoms with Crippen LogP contribution >= 0.6 is 0 Å². The van der Waals surface area contributed by atoms with Crippen LogP contribution in [0.1, 0.15) is 15.9 Å². The highest BCUT2D eigenvalue weighted by Gasteiger charge is 2.18. The molecule has 0 saturated carbocycles. The van der Waals surface area contributed by atoms with Gasteiger partial charge in [-0.15, -0.1) is 0 Å². The number of nitriles is 1. The second-order valence-electron chi connectivity index (χ2n) is 4.28. The smallest absolute Gasteiger partial charge is 0.340 e. The summed E-state index contributed by atoms with van der Waals surface area (Å²) in [5.74, 6) is -0.140. The van der Waals surface area contributed by atoms with Crippen LogP contribution in [0.2, 0.25) is 0 Å². The minimum atomic E-state index is -0.530. The molecular weight excluding hydrogens is 268 g/mol. The van der Waals surface area contributed by atoms with E-state index in [2.05, 4.69) is 15.8 Å². The van der Waals surface area contributed by atoms with Gasteiger partial charge in [-0.2, -0.15) is 5.26 Å². The van der Waals surface area contributed by atoms with Gasteiger partial charge in [0.05, 0.1) is 29.6 Å². The number of anilines is 3. The Morgan fingerprint density at radius 3 is 2.76 bits per heavy atom. The number of hydrogen-bond acceptors (Lipinski definition) is 6. The lowest BCUT2D eigenvalue weighted by Gasteiger charge is -2.21. The molecular formula is C15H14N4O2. The zero-order valence-electron chi connectivity index (χ0n) is 11.7. The molecule has 6 heteroatoms. The first-order valence-corrected chi connectivity index (χ1v) is 6.15. The third kappa shape index (κ3) is 2.62. The standard InChI is InChI=1S/C15H14N4O2/c1-19(12-6-4-3-5-10(12)9-16)14-13(17)11(7-8-18-14)15(20)21-2/h3-8H,17H2,1-2H3. The number of para-hydroxylation sites is 1. The van der Waals surface area contributed by atoms with Gasteiger partial charge in [0.25, 0.3) is 0 Å². The maximum atomic E-state index is 11.7. The highest BCUT2D eigenvalue weighted by Crippen LogP contribution is 2.31. The van der Waals surface area contributed by atoms with Crippen molar-refractivity contribution in [3.8, 4) is 6.07 Å². The van der Waals surface area contributed by atoms with Gasteiger partial charge < -0.3 is 15.4 Å². The largest absolute Gasteiger partial charge is 0.465 e. The summed E-state index contributed by atoms with van der Waals surface area (Å²) < 4.78 is 4.68. The monoisotopic (exact) mass is 282 g/mol. The number of pyridine rings is 1. The van der Waals surface area contributed by atoms with Crippen molar-refractivity contribution in [3.63, 3.8) is 0 Å². The van der Waals surface area contributed by atoms with Gasteiger partial charge in [-0.25, -0.2) is 9.78 Å². The van der Waals surface area contributed by atoms with Gasteiger partial charge in [0.1, 0.15) is 6.07 Å². The van der Waals surface area contributed by atoms with Crippen molar-refractivity contribution in [1.82, 2.24) is 4.98 Å². The van der Waals surface area contributed by atoms with Gasteiger partial charge in [0.2, 0.25) is 0 Å². The molecule has 0 radical (unpaired) electrons. The van der Waals surface area contributed by atoms with E-state index in [1.54, 1.807) is 30.1 Å². The molecule has 0 aliphatic rings. The molecule has 0 spiro atoms. The summed E-state index contributed by atoms with van der Waals surface area (Å²) >= 11 is 0. The summed E-state index contributed by atoms with van der Waals surface area (Å²) in [6.07, 6.45) is 1.48. The molecule has 1 aromatic heterocycles. The van der Waals surface area contributed by atoms with E-state index in [0.717, 1.165) is 0 Å². The van der Waals surface area contributed by atoms with Gasteiger partial charge in [-0.05, 0) is 18.2 Å². The van der Waals surface area contributed by atoms with Crippen LogP contribution in [0.3, 0.4) is 0 Å². The van der Waals surface area contributed by atoms with E-state index < -0.39 is 5.97 Å². The normalized spacial score (nSPS) is 9.76. The molecule has 1 heterocycles. The predicted molar refractivity (Wildman–Crippen MR) is 79.2 cm³/mol. The number of ether oxygens (including phenoxy) is 1. The van der Waals surface area contributed by atoms with E-state index >= 15 is 0 Å². The van der Waals surface area contributed by atoms with Gasteiger partial charge in [-0.1, -0.05) is 12.1 Å². The molecule has 0 bridgehead atoms. The van der Waals surface area contributed by atoms with Gasteiger partial charge in [0.15, 0.2) is 5.82 Å². The van der Waals surface area contributed by atoms with Gasteiger partial charge >= 0.3 is 5.97 Å². The van der Waals surface area contributed by atoms with E-state index in [1.807, 2.05) is 6.07 Å². The Hall–Kier alpha value is -3.07. The first-order chi connectivity index (χ1) is 10.1. The van der Waals surface area contributed by atoms with Crippen LogP contribution in [0.15, 0.2) is 36.5 Å². The summed E-state index contributed by atoms with van der Waals surface area (Å²) in [7, 11) is 3.02. The van der Waals surface area contributed by atoms with Crippen molar-refractivity contribution < 1.29 is 9.53 Å². The van der Waals surface area contributed by atoms with Crippen molar-refractivity contribution in [2.45, 2.75) is 0 Å². The summed E-state index contributed by atoms with van der Waals surface area (Å²) in [4.78, 5) is 17.5. The Bertz CT molecular complexity index is 722. The second-order valence-corrected chi connectivity index (χ2v) is 4.28. The predicted octanol–water partition coefficient (Wildman–Crippen LogP) is 2.09. The maximum Gasteiger partial charge on any atom is 0.340 e. The van der Waals surface area contributed by atoms with Crippen LogP contribution in [-0.2, 0) is 4.74 Å². The van der Waals surface area contributed by atoms with Crippen LogP contribution in [0.4, 0.5) is 17.2 Å². The number of nitrogens with two attached hydrogens (primary N) is 1. The lowest BCUT2D eigenvalue weighted by Crippen LogP contribution is -2.17. The number of nitrogens with zero attached hydrogens (tertiary/aromatic N) is 3. The van der Waals surface area contributed by atoms with Crippen LogP contribution < -0.4 is 10.6 Å². The Morgan fingerprint density at radius 2 is 2.10 bits per heavy atom. The Labute approximate surface area is 122 Å². The third-order valence-corrected chi connectivity index (χ3v) is 3.08. The first-order valence-electron chi connectivity index (χ1n) is 6.15. The van der Waals surface area contributed by atoms with Crippen molar-refractivity contribution in [2.24, 2.45) is 0 Å². The topological polar surface area (TPSA) is 92.2 Å². The van der Waals surface area contributed by atoms with Gasteiger partial charge in [0, 0.05) is 13.2 Å². The number of carbonyl (C=O) groups excluding carboxylic acids is 1. The zero-order chi connectivity index (χ0) is 15.4. The highest BCUT2D eigenvalue weighted by molar-refractivity contribution is 5.98. The Morgan fingerprint density at radius 1 is 1.38 bits per heavy atom. The molecule has 0 unspecified atom stereocenters. The summed E-state index contributed by atoms with van der Waals surface area (Å²) in [6, 6.07) is 10.7. The number of methoxy groups -OCH3 is 1. The number of esters is 1. The molecule has 0 aliphatic carbocycles. The number of carbonyl (C=O) groups is 1. The van der Waals surface area contributed by atoms with E-state index in [9.17, 15) is 4.79 Å². The average molecular weight is 282 g/mol. The summed E-state index contributed by atoms with van der Waals surface area (Å²) in [5, 5.41) is 9.16. The molecule has 6 nitrogen and oxygen atoms in total. The van der Waals surface area contributed by atoms with Crippen molar-refractivity contribution >= 4 is 23.2 Å². The molecule has 2 N–H and O–H groups in total. The number of benzene rings is 1. The average Bonchev–Trinajstić information content (AvgIpc) is 2.53. The fourth-order valence-corrected chi connectivity index (χ4v) is 1.99. The Balaban J connectivity index is 2.52. The molecule has 21 heavy (non-hydrogen) atoms. The minimum Gasteiger partial charge on any atom is -0.465 e. The summed E-state index contributed by atoms with van der Waals surface area (Å²) in [5.41, 5.74) is 7.59. The second kappa shape index (κ2) is 5.92. The maximum absolute atomic E-state index is 11.7. The van der Waals surface area contributed by atoms with Crippen molar-refractivity contribution in [2.75, 3.05) is 24.8 Å². The molecule has 0 atom stereocenters. The number of nitrogen functional groups attached to an aromatic ring is 1. The lowest BCUT2D eigenvalue weighted by molar-refractivity contribution is 0.0602. The minimum absolute atomic E-state index is 0.208. The van der Waals surface area contributed by atoms with Crippen molar-refractivity contribution in [1.29, 1.82) is 5.26 Å². The van der Waals surface area contributed by atoms with E-state index in [0.29, 0.717) is 17.1 Å². The van der Waals surface area contributed by atoms with Crippen LogP contribution in [-0.4, -0.2) is 25.1 Å². The molecule has 106 valence electrons. The van der Waals surface area contributed by atoms with Gasteiger partial charge in [-0.3, -0.25) is 0 Å². The molecule has 0 saturated heterocycles. The SMILES string of the molecule is COC(=O)c1ccnc(N(C)c2ccccc2C#N)c1N. The first kappa shape index (κ1) is 14.3. The Kier molecular flexibility index (Phi) is 4.05. The summed E-state index contributed by atoms with van der Waals surface area (Å²) in [6.45, 7) is 0. The molecule has 0 aliphatic heterocycles.